The van der Waals surface area contributed by atoms with Crippen molar-refractivity contribution < 1.29 is 15.0 Å². The molecule has 162 valence electrons. The number of phenolic OH excluding ortho intramolecular Hbond substituents is 2. The second-order valence-corrected chi connectivity index (χ2v) is 8.62. The quantitative estimate of drug-likeness (QED) is 0.190. The van der Waals surface area contributed by atoms with Gasteiger partial charge in [0.2, 0.25) is 0 Å². The van der Waals surface area contributed by atoms with E-state index in [1.165, 1.54) is 18.2 Å². The van der Waals surface area contributed by atoms with Crippen LogP contribution in [0.5, 0.6) is 11.5 Å². The fraction of sp³-hybridized carbons (Fsp3) is 0.160. The van der Waals surface area contributed by atoms with Crippen LogP contribution < -0.4 is 5.56 Å². The summed E-state index contributed by atoms with van der Waals surface area (Å²) in [7, 11) is 0. The molecule has 32 heavy (non-hydrogen) atoms. The highest BCUT2D eigenvalue weighted by molar-refractivity contribution is 7.99. The van der Waals surface area contributed by atoms with Crippen molar-refractivity contribution in [1.29, 1.82) is 0 Å². The van der Waals surface area contributed by atoms with E-state index in [9.17, 15) is 19.8 Å². The van der Waals surface area contributed by atoms with Crippen LogP contribution in [0.4, 0.5) is 0 Å². The number of Topliss-reactive ketones (excluding diaryl/α,β-unsaturated/α-hetero) is 1. The Hall–Kier alpha value is -3.58. The Labute approximate surface area is 189 Å². The molecule has 0 aliphatic heterocycles. The average Bonchev–Trinajstić information content (AvgIpc) is 2.79. The number of nitrogens with zero attached hydrogens (tertiary/aromatic N) is 2. The second kappa shape index (κ2) is 8.88. The topological polar surface area (TPSA) is 92.4 Å². The van der Waals surface area contributed by atoms with Crippen molar-refractivity contribution in [2.24, 2.45) is 0 Å². The maximum Gasteiger partial charge on any atom is 0.266 e. The maximum absolute atomic E-state index is 13.5. The number of hydrogen-bond acceptors (Lipinski definition) is 6. The molecule has 2 N–H and O–H groups in total. The Morgan fingerprint density at radius 2 is 1.72 bits per heavy atom. The summed E-state index contributed by atoms with van der Waals surface area (Å²) in [5.74, 6) is -0.698. The normalized spacial score (nSPS) is 11.2. The number of ketones is 1. The highest BCUT2D eigenvalue weighted by Crippen LogP contribution is 2.29. The molecule has 0 aliphatic carbocycles. The van der Waals surface area contributed by atoms with Crippen molar-refractivity contribution in [2.75, 3.05) is 5.75 Å². The van der Waals surface area contributed by atoms with Gasteiger partial charge in [-0.05, 0) is 47.9 Å². The standard InChI is InChI=1S/C25H22N2O4S/c1-15(2)17-7-4-6-10-20(17)27-24(31)18-8-3-5-9-19(18)26-25(27)32-14-23(30)16-11-12-21(28)22(29)13-16/h3-13,15,28-29H,14H2,1-2H3. The van der Waals surface area contributed by atoms with Crippen molar-refractivity contribution >= 4 is 28.4 Å². The van der Waals surface area contributed by atoms with Gasteiger partial charge in [0.25, 0.3) is 5.56 Å². The van der Waals surface area contributed by atoms with E-state index in [2.05, 4.69) is 13.8 Å². The molecule has 0 fully saturated rings. The molecule has 0 bridgehead atoms. The Morgan fingerprint density at radius 1 is 1.00 bits per heavy atom. The molecule has 3 aromatic carbocycles. The summed E-state index contributed by atoms with van der Waals surface area (Å²) in [6, 6.07) is 18.8. The van der Waals surface area contributed by atoms with Gasteiger partial charge in [-0.2, -0.15) is 0 Å². The molecule has 0 saturated heterocycles. The third-order valence-electron chi connectivity index (χ3n) is 5.17. The molecular formula is C25H22N2O4S. The number of carbonyl (C=O) groups is 1. The molecule has 4 rings (SSSR count). The average molecular weight is 447 g/mol. The van der Waals surface area contributed by atoms with Gasteiger partial charge in [-0.15, -0.1) is 0 Å². The van der Waals surface area contributed by atoms with Gasteiger partial charge in [0, 0.05) is 5.56 Å². The monoisotopic (exact) mass is 446 g/mol. The summed E-state index contributed by atoms with van der Waals surface area (Å²) >= 11 is 1.16. The van der Waals surface area contributed by atoms with Crippen LogP contribution >= 0.6 is 11.8 Å². The van der Waals surface area contributed by atoms with Gasteiger partial charge in [-0.3, -0.25) is 14.2 Å². The molecule has 0 atom stereocenters. The number of para-hydroxylation sites is 2. The summed E-state index contributed by atoms with van der Waals surface area (Å²) in [4.78, 5) is 30.9. The molecule has 0 unspecified atom stereocenters. The minimum atomic E-state index is -0.354. The molecule has 1 aromatic heterocycles. The fourth-order valence-electron chi connectivity index (χ4n) is 3.51. The fourth-order valence-corrected chi connectivity index (χ4v) is 4.41. The molecule has 6 nitrogen and oxygen atoms in total. The Kier molecular flexibility index (Phi) is 6.01. The van der Waals surface area contributed by atoms with Crippen LogP contribution in [0.25, 0.3) is 16.6 Å². The van der Waals surface area contributed by atoms with E-state index in [-0.39, 0.29) is 40.1 Å². The van der Waals surface area contributed by atoms with Gasteiger partial charge in [0.05, 0.1) is 22.3 Å². The summed E-state index contributed by atoms with van der Waals surface area (Å²) in [5, 5.41) is 20.1. The Morgan fingerprint density at radius 3 is 2.47 bits per heavy atom. The van der Waals surface area contributed by atoms with Crippen molar-refractivity contribution in [3.05, 3.63) is 88.2 Å². The number of rotatable bonds is 6. The number of aromatic nitrogens is 2. The summed E-state index contributed by atoms with van der Waals surface area (Å²) in [5.41, 5.74) is 2.38. The number of phenols is 2. The predicted molar refractivity (Wildman–Crippen MR) is 126 cm³/mol. The third-order valence-corrected chi connectivity index (χ3v) is 6.11. The van der Waals surface area contributed by atoms with Crippen molar-refractivity contribution in [3.8, 4) is 17.2 Å². The van der Waals surface area contributed by atoms with Crippen LogP contribution in [-0.4, -0.2) is 31.3 Å². The lowest BCUT2D eigenvalue weighted by atomic mass is 10.0. The van der Waals surface area contributed by atoms with E-state index in [1.54, 1.807) is 22.8 Å². The molecule has 7 heteroatoms. The predicted octanol–water partition coefficient (Wildman–Crippen LogP) is 4.90. The molecular weight excluding hydrogens is 424 g/mol. The van der Waals surface area contributed by atoms with Gasteiger partial charge >= 0.3 is 0 Å². The number of thioether (sulfide) groups is 1. The molecule has 4 aromatic rings. The molecule has 0 amide bonds. The zero-order valence-electron chi connectivity index (χ0n) is 17.6. The van der Waals surface area contributed by atoms with Crippen LogP contribution in [0.2, 0.25) is 0 Å². The molecule has 0 saturated carbocycles. The minimum absolute atomic E-state index is 0.0127. The highest BCUT2D eigenvalue weighted by atomic mass is 32.2. The van der Waals surface area contributed by atoms with Crippen molar-refractivity contribution in [1.82, 2.24) is 9.55 Å². The van der Waals surface area contributed by atoms with E-state index in [0.29, 0.717) is 16.1 Å². The number of fused-ring (bicyclic) bond motifs is 1. The Balaban J connectivity index is 1.80. The van der Waals surface area contributed by atoms with E-state index in [0.717, 1.165) is 23.0 Å². The van der Waals surface area contributed by atoms with Gasteiger partial charge in [-0.1, -0.05) is 55.9 Å². The maximum atomic E-state index is 13.5. The lowest BCUT2D eigenvalue weighted by Gasteiger charge is -2.18. The lowest BCUT2D eigenvalue weighted by Crippen LogP contribution is -2.23. The zero-order valence-corrected chi connectivity index (χ0v) is 18.5. The second-order valence-electron chi connectivity index (χ2n) is 7.68. The SMILES string of the molecule is CC(C)c1ccccc1-n1c(SCC(=O)c2ccc(O)c(O)c2)nc2ccccc2c1=O. The Bertz CT molecular complexity index is 1380. The van der Waals surface area contributed by atoms with Gasteiger partial charge in [0.1, 0.15) is 0 Å². The number of benzene rings is 3. The zero-order chi connectivity index (χ0) is 22.8. The van der Waals surface area contributed by atoms with Crippen LogP contribution in [-0.2, 0) is 0 Å². The molecule has 0 spiro atoms. The first kappa shape index (κ1) is 21.6. The largest absolute Gasteiger partial charge is 0.504 e. The first-order chi connectivity index (χ1) is 15.4. The van der Waals surface area contributed by atoms with E-state index in [1.807, 2.05) is 30.3 Å². The summed E-state index contributed by atoms with van der Waals surface area (Å²) in [6.07, 6.45) is 0. The van der Waals surface area contributed by atoms with Gasteiger partial charge in [0.15, 0.2) is 22.4 Å². The van der Waals surface area contributed by atoms with E-state index >= 15 is 0 Å². The molecule has 1 heterocycles. The van der Waals surface area contributed by atoms with Crippen LogP contribution in [0.3, 0.4) is 0 Å². The van der Waals surface area contributed by atoms with Gasteiger partial charge in [-0.25, -0.2) is 4.98 Å². The number of aromatic hydroxyl groups is 2. The van der Waals surface area contributed by atoms with Crippen molar-refractivity contribution in [3.63, 3.8) is 0 Å². The van der Waals surface area contributed by atoms with Crippen molar-refractivity contribution in [2.45, 2.75) is 24.9 Å². The first-order valence-electron chi connectivity index (χ1n) is 10.2. The van der Waals surface area contributed by atoms with Gasteiger partial charge < -0.3 is 10.2 Å². The lowest BCUT2D eigenvalue weighted by molar-refractivity contribution is 0.102. The van der Waals surface area contributed by atoms with Crippen LogP contribution in [0, 0.1) is 0 Å². The van der Waals surface area contributed by atoms with E-state index < -0.39 is 0 Å². The third kappa shape index (κ3) is 4.11. The smallest absolute Gasteiger partial charge is 0.266 e. The molecule has 0 aliphatic rings. The summed E-state index contributed by atoms with van der Waals surface area (Å²) < 4.78 is 1.57. The first-order valence-corrected chi connectivity index (χ1v) is 11.1. The van der Waals surface area contributed by atoms with Crippen LogP contribution in [0.1, 0.15) is 35.7 Å². The number of carbonyl (C=O) groups excluding carboxylic acids is 1. The minimum Gasteiger partial charge on any atom is -0.504 e. The summed E-state index contributed by atoms with van der Waals surface area (Å²) in [6.45, 7) is 4.12. The van der Waals surface area contributed by atoms with Crippen LogP contribution in [0.15, 0.2) is 76.7 Å². The van der Waals surface area contributed by atoms with E-state index in [4.69, 9.17) is 4.98 Å². The highest BCUT2D eigenvalue weighted by Gasteiger charge is 2.18. The number of hydrogen-bond donors (Lipinski definition) is 2. The molecule has 0 radical (unpaired) electrons.